The van der Waals surface area contributed by atoms with Crippen LogP contribution in [0.2, 0.25) is 0 Å². The maximum atomic E-state index is 9.90. The molecule has 1 aromatic heterocycles. The van der Waals surface area contributed by atoms with Crippen molar-refractivity contribution in [1.29, 1.82) is 0 Å². The molecule has 1 aliphatic rings. The van der Waals surface area contributed by atoms with Crippen LogP contribution in [0.25, 0.3) is 11.3 Å². The van der Waals surface area contributed by atoms with Gasteiger partial charge < -0.3 is 19.9 Å². The van der Waals surface area contributed by atoms with Crippen molar-refractivity contribution >= 4 is 17.4 Å². The van der Waals surface area contributed by atoms with E-state index in [0.29, 0.717) is 22.5 Å². The Hall–Kier alpha value is -3.00. The summed E-state index contributed by atoms with van der Waals surface area (Å²) < 4.78 is 11.4. The summed E-state index contributed by atoms with van der Waals surface area (Å²) in [6.45, 7) is 2.11. The first-order chi connectivity index (χ1) is 13.7. The largest absolute Gasteiger partial charge is 0.504 e. The molecule has 3 aromatic rings. The smallest absolute Gasteiger partial charge is 0.247 e. The molecule has 0 bridgehead atoms. The summed E-state index contributed by atoms with van der Waals surface area (Å²) in [6, 6.07) is 12.9. The quantitative estimate of drug-likeness (QED) is 0.619. The van der Waals surface area contributed by atoms with E-state index >= 15 is 0 Å². The van der Waals surface area contributed by atoms with Crippen molar-refractivity contribution in [2.24, 2.45) is 0 Å². The molecule has 2 N–H and O–H groups in total. The van der Waals surface area contributed by atoms with Crippen LogP contribution >= 0.6 is 11.8 Å². The molecule has 0 amide bonds. The van der Waals surface area contributed by atoms with E-state index in [-0.39, 0.29) is 5.75 Å². The summed E-state index contributed by atoms with van der Waals surface area (Å²) in [5.74, 6) is 1.78. The molecule has 144 valence electrons. The number of hydrogen-bond acceptors (Lipinski definition) is 8. The number of hydrogen-bond donors (Lipinski definition) is 2. The number of anilines is 1. The first-order valence-electron chi connectivity index (χ1n) is 8.96. The number of aromatic nitrogens is 3. The lowest BCUT2D eigenvalue weighted by Crippen LogP contribution is -2.17. The standard InChI is InChI=1S/C20H20N4O3S/c1-3-10-28-20-22-19-17(23-24-20)13-6-4-5-7-14(13)21-18(27-19)12-8-9-15(25)16(11-12)26-2/h4-9,11,18,21,25H,3,10H2,1-2H3/t18-/m0/s1. The van der Waals surface area contributed by atoms with E-state index in [4.69, 9.17) is 9.47 Å². The number of fused-ring (bicyclic) bond motifs is 3. The SMILES string of the molecule is CCCSc1nnc2c(n1)O[C@@H](c1ccc(O)c(OC)c1)Nc1ccccc1-2. The van der Waals surface area contributed by atoms with Gasteiger partial charge in [-0.25, -0.2) is 0 Å². The summed E-state index contributed by atoms with van der Waals surface area (Å²) >= 11 is 1.55. The van der Waals surface area contributed by atoms with Crippen molar-refractivity contribution < 1.29 is 14.6 Å². The zero-order valence-electron chi connectivity index (χ0n) is 15.5. The normalized spacial score (nSPS) is 14.9. The molecule has 0 radical (unpaired) electrons. The molecule has 4 rings (SSSR count). The van der Waals surface area contributed by atoms with Crippen molar-refractivity contribution in [3.05, 3.63) is 48.0 Å². The second kappa shape index (κ2) is 7.93. The molecule has 0 saturated heterocycles. The topological polar surface area (TPSA) is 89.4 Å². The summed E-state index contributed by atoms with van der Waals surface area (Å²) in [5.41, 5.74) is 3.12. The summed E-state index contributed by atoms with van der Waals surface area (Å²) in [4.78, 5) is 4.59. The van der Waals surface area contributed by atoms with Crippen molar-refractivity contribution in [2.45, 2.75) is 24.7 Å². The van der Waals surface area contributed by atoms with Crippen molar-refractivity contribution in [3.63, 3.8) is 0 Å². The van der Waals surface area contributed by atoms with Crippen LogP contribution in [-0.2, 0) is 0 Å². The van der Waals surface area contributed by atoms with Crippen molar-refractivity contribution in [2.75, 3.05) is 18.2 Å². The molecule has 0 aliphatic carbocycles. The number of ether oxygens (including phenoxy) is 2. The minimum atomic E-state index is -0.530. The number of benzene rings is 2. The van der Waals surface area contributed by atoms with Gasteiger partial charge in [0.1, 0.15) is 0 Å². The van der Waals surface area contributed by atoms with Crippen LogP contribution in [0.5, 0.6) is 17.4 Å². The van der Waals surface area contributed by atoms with E-state index in [2.05, 4.69) is 27.4 Å². The van der Waals surface area contributed by atoms with E-state index in [0.717, 1.165) is 29.0 Å². The minimum Gasteiger partial charge on any atom is -0.504 e. The third-order valence-corrected chi connectivity index (χ3v) is 5.32. The van der Waals surface area contributed by atoms with E-state index in [9.17, 15) is 5.11 Å². The van der Waals surface area contributed by atoms with Crippen LogP contribution in [0.3, 0.4) is 0 Å². The zero-order chi connectivity index (χ0) is 19.5. The maximum Gasteiger partial charge on any atom is 0.247 e. The Morgan fingerprint density at radius 3 is 2.89 bits per heavy atom. The molecule has 8 heteroatoms. The molecule has 2 aromatic carbocycles. The molecular weight excluding hydrogens is 376 g/mol. The van der Waals surface area contributed by atoms with Crippen LogP contribution in [0.15, 0.2) is 47.6 Å². The van der Waals surface area contributed by atoms with E-state index in [1.54, 1.807) is 30.0 Å². The lowest BCUT2D eigenvalue weighted by atomic mass is 10.1. The van der Waals surface area contributed by atoms with Gasteiger partial charge in [-0.15, -0.1) is 10.2 Å². The number of rotatable bonds is 5. The van der Waals surface area contributed by atoms with Gasteiger partial charge >= 0.3 is 0 Å². The molecule has 0 spiro atoms. The van der Waals surface area contributed by atoms with Gasteiger partial charge in [0.05, 0.1) is 7.11 Å². The van der Waals surface area contributed by atoms with Gasteiger partial charge in [-0.3, -0.25) is 0 Å². The lowest BCUT2D eigenvalue weighted by Gasteiger charge is -2.20. The van der Waals surface area contributed by atoms with Gasteiger partial charge in [0, 0.05) is 22.6 Å². The second-order valence-electron chi connectivity index (χ2n) is 6.22. The molecule has 0 fully saturated rings. The highest BCUT2D eigenvalue weighted by atomic mass is 32.2. The zero-order valence-corrected chi connectivity index (χ0v) is 16.4. The number of methoxy groups -OCH3 is 1. The molecule has 2 heterocycles. The Labute approximate surface area is 167 Å². The van der Waals surface area contributed by atoms with Crippen LogP contribution in [0, 0.1) is 0 Å². The number of nitrogens with one attached hydrogen (secondary N) is 1. The van der Waals surface area contributed by atoms with E-state index in [1.807, 2.05) is 24.3 Å². The van der Waals surface area contributed by atoms with Crippen LogP contribution in [-0.4, -0.2) is 33.2 Å². The molecule has 1 atom stereocenters. The first-order valence-corrected chi connectivity index (χ1v) is 9.95. The fourth-order valence-corrected chi connectivity index (χ4v) is 3.54. The van der Waals surface area contributed by atoms with Crippen LogP contribution in [0.4, 0.5) is 5.69 Å². The molecule has 28 heavy (non-hydrogen) atoms. The van der Waals surface area contributed by atoms with Crippen LogP contribution < -0.4 is 14.8 Å². The number of phenols is 1. The summed E-state index contributed by atoms with van der Waals surface area (Å²) in [7, 11) is 1.51. The molecule has 0 unspecified atom stereocenters. The van der Waals surface area contributed by atoms with Gasteiger partial charge in [0.15, 0.2) is 23.4 Å². The first kappa shape index (κ1) is 18.4. The highest BCUT2D eigenvalue weighted by Gasteiger charge is 2.26. The highest BCUT2D eigenvalue weighted by Crippen LogP contribution is 2.40. The fourth-order valence-electron chi connectivity index (χ4n) is 2.91. The number of thioether (sulfide) groups is 1. The Balaban J connectivity index is 1.78. The van der Waals surface area contributed by atoms with Gasteiger partial charge in [-0.05, 0) is 30.7 Å². The summed E-state index contributed by atoms with van der Waals surface area (Å²) in [5, 5.41) is 22.5. The van der Waals surface area contributed by atoms with E-state index < -0.39 is 6.23 Å². The highest BCUT2D eigenvalue weighted by molar-refractivity contribution is 7.99. The predicted molar refractivity (Wildman–Crippen MR) is 108 cm³/mol. The average molecular weight is 396 g/mol. The number of nitrogens with zero attached hydrogens (tertiary/aromatic N) is 3. The van der Waals surface area contributed by atoms with Gasteiger partial charge in [0.2, 0.25) is 11.0 Å². The minimum absolute atomic E-state index is 0.0721. The fraction of sp³-hybridized carbons (Fsp3) is 0.250. The van der Waals surface area contributed by atoms with Gasteiger partial charge in [0.25, 0.3) is 0 Å². The van der Waals surface area contributed by atoms with Crippen molar-refractivity contribution in [1.82, 2.24) is 15.2 Å². The molecule has 0 saturated carbocycles. The van der Waals surface area contributed by atoms with E-state index in [1.165, 1.54) is 7.11 Å². The third-order valence-electron chi connectivity index (χ3n) is 4.28. The Bertz CT molecular complexity index is 999. The average Bonchev–Trinajstić information content (AvgIpc) is 2.89. The second-order valence-corrected chi connectivity index (χ2v) is 7.28. The number of aromatic hydroxyl groups is 1. The van der Waals surface area contributed by atoms with Crippen LogP contribution in [0.1, 0.15) is 25.1 Å². The molecular formula is C20H20N4O3S. The van der Waals surface area contributed by atoms with Gasteiger partial charge in [-0.2, -0.15) is 4.98 Å². The predicted octanol–water partition coefficient (Wildman–Crippen LogP) is 4.26. The van der Waals surface area contributed by atoms with Crippen molar-refractivity contribution in [3.8, 4) is 28.6 Å². The Morgan fingerprint density at radius 1 is 1.21 bits per heavy atom. The Morgan fingerprint density at radius 2 is 2.07 bits per heavy atom. The molecule has 7 nitrogen and oxygen atoms in total. The number of para-hydroxylation sites is 1. The van der Waals surface area contributed by atoms with Gasteiger partial charge in [-0.1, -0.05) is 36.9 Å². The lowest BCUT2D eigenvalue weighted by molar-refractivity contribution is 0.224. The Kier molecular flexibility index (Phi) is 5.21. The summed E-state index contributed by atoms with van der Waals surface area (Å²) in [6.07, 6.45) is 0.490. The monoisotopic (exact) mass is 396 g/mol. The maximum absolute atomic E-state index is 9.90. The molecule has 1 aliphatic heterocycles. The third kappa shape index (κ3) is 3.55. The number of phenolic OH excluding ortho intramolecular Hbond substituents is 1.